The van der Waals surface area contributed by atoms with Crippen LogP contribution in [0.1, 0.15) is 19.3 Å². The van der Waals surface area contributed by atoms with Gasteiger partial charge in [0.15, 0.2) is 4.90 Å². The Morgan fingerprint density at radius 3 is 2.68 bits per heavy atom. The van der Waals surface area contributed by atoms with Crippen LogP contribution in [-0.2, 0) is 14.8 Å². The van der Waals surface area contributed by atoms with Crippen molar-refractivity contribution in [3.8, 4) is 0 Å². The van der Waals surface area contributed by atoms with E-state index >= 15 is 0 Å². The molecule has 1 unspecified atom stereocenters. The van der Waals surface area contributed by atoms with E-state index in [1.165, 1.54) is 25.2 Å². The number of rotatable bonds is 4. The van der Waals surface area contributed by atoms with Crippen LogP contribution in [0, 0.1) is 10.1 Å². The molecule has 8 nitrogen and oxygen atoms in total. The number of nitrogens with zero attached hydrogens (tertiary/aromatic N) is 2. The maximum Gasteiger partial charge on any atom is 0.289 e. The van der Waals surface area contributed by atoms with Gasteiger partial charge in [-0.05, 0) is 18.9 Å². The number of hydrogen-bond donors (Lipinski definition) is 1. The Morgan fingerprint density at radius 2 is 2.05 bits per heavy atom. The second-order valence-electron chi connectivity index (χ2n) is 4.97. The monoisotopic (exact) mass is 327 g/mol. The molecule has 0 aromatic heterocycles. The summed E-state index contributed by atoms with van der Waals surface area (Å²) >= 11 is 0. The van der Waals surface area contributed by atoms with Crippen molar-refractivity contribution in [3.63, 3.8) is 0 Å². The standard InChI is InChI=1S/C13H17N3O5S/c1-14-13(17)11-7-4-5-9-15(11)22(20,21)12-8-3-2-6-10(12)16(18)19/h2-3,6,8,11H,4-5,7,9H2,1H3,(H,14,17). The number of benzene rings is 1. The number of nitro benzene ring substituents is 1. The molecule has 1 aliphatic heterocycles. The molecule has 1 fully saturated rings. The van der Waals surface area contributed by atoms with Crippen molar-refractivity contribution in [2.24, 2.45) is 0 Å². The number of amides is 1. The van der Waals surface area contributed by atoms with Crippen LogP contribution >= 0.6 is 0 Å². The van der Waals surface area contributed by atoms with Crippen molar-refractivity contribution < 1.29 is 18.1 Å². The molecule has 1 N–H and O–H groups in total. The number of sulfonamides is 1. The molecular formula is C13H17N3O5S. The minimum atomic E-state index is -4.11. The van der Waals surface area contributed by atoms with Crippen molar-refractivity contribution in [3.05, 3.63) is 34.4 Å². The highest BCUT2D eigenvalue weighted by Gasteiger charge is 2.39. The summed E-state index contributed by atoms with van der Waals surface area (Å²) in [4.78, 5) is 21.9. The van der Waals surface area contributed by atoms with Crippen LogP contribution < -0.4 is 5.32 Å². The van der Waals surface area contributed by atoms with Gasteiger partial charge in [-0.2, -0.15) is 4.31 Å². The average molecular weight is 327 g/mol. The first kappa shape index (κ1) is 16.4. The van der Waals surface area contributed by atoms with Gasteiger partial charge in [-0.25, -0.2) is 8.42 Å². The summed E-state index contributed by atoms with van der Waals surface area (Å²) in [5, 5.41) is 13.5. The van der Waals surface area contributed by atoms with Gasteiger partial charge in [-0.3, -0.25) is 14.9 Å². The van der Waals surface area contributed by atoms with E-state index in [0.717, 1.165) is 16.8 Å². The number of hydrogen-bond acceptors (Lipinski definition) is 5. The fourth-order valence-electron chi connectivity index (χ4n) is 2.57. The predicted octanol–water partition coefficient (Wildman–Crippen LogP) is 0.884. The minimum absolute atomic E-state index is 0.173. The van der Waals surface area contributed by atoms with Gasteiger partial charge >= 0.3 is 0 Å². The molecule has 1 heterocycles. The summed E-state index contributed by atoms with van der Waals surface area (Å²) in [7, 11) is -2.67. The third kappa shape index (κ3) is 2.95. The van der Waals surface area contributed by atoms with Gasteiger partial charge in [0, 0.05) is 19.7 Å². The number of likely N-dealkylation sites (N-methyl/N-ethyl adjacent to an activating group) is 1. The molecule has 1 atom stereocenters. The zero-order valence-electron chi connectivity index (χ0n) is 12.1. The summed E-state index contributed by atoms with van der Waals surface area (Å²) < 4.78 is 26.6. The maximum absolute atomic E-state index is 12.8. The number of piperidine rings is 1. The first-order valence-electron chi connectivity index (χ1n) is 6.86. The van der Waals surface area contributed by atoms with Crippen molar-refractivity contribution in [2.45, 2.75) is 30.2 Å². The van der Waals surface area contributed by atoms with E-state index in [0.29, 0.717) is 12.8 Å². The molecule has 0 aliphatic carbocycles. The molecule has 0 saturated carbocycles. The third-order valence-corrected chi connectivity index (χ3v) is 5.61. The molecule has 0 radical (unpaired) electrons. The Bertz CT molecular complexity index is 689. The topological polar surface area (TPSA) is 110 Å². The third-order valence-electron chi connectivity index (χ3n) is 3.65. The van der Waals surface area contributed by atoms with Gasteiger partial charge < -0.3 is 5.32 Å². The SMILES string of the molecule is CNC(=O)C1CCCCN1S(=O)(=O)c1ccccc1[N+](=O)[O-]. The lowest BCUT2D eigenvalue weighted by atomic mass is 10.0. The fourth-order valence-corrected chi connectivity index (χ4v) is 4.39. The quantitative estimate of drug-likeness (QED) is 0.652. The van der Waals surface area contributed by atoms with Gasteiger partial charge in [0.1, 0.15) is 6.04 Å². The average Bonchev–Trinajstić information content (AvgIpc) is 2.54. The van der Waals surface area contributed by atoms with E-state index < -0.39 is 32.6 Å². The van der Waals surface area contributed by atoms with Crippen molar-refractivity contribution in [2.75, 3.05) is 13.6 Å². The first-order valence-corrected chi connectivity index (χ1v) is 8.30. The molecule has 9 heteroatoms. The van der Waals surface area contributed by atoms with E-state index in [2.05, 4.69) is 5.32 Å². The Kier molecular flexibility index (Phi) is 4.77. The van der Waals surface area contributed by atoms with Gasteiger partial charge in [0.05, 0.1) is 4.92 Å². The Morgan fingerprint density at radius 1 is 1.36 bits per heavy atom. The zero-order chi connectivity index (χ0) is 16.3. The van der Waals surface area contributed by atoms with Crippen molar-refractivity contribution >= 4 is 21.6 Å². The predicted molar refractivity (Wildman–Crippen MR) is 78.7 cm³/mol. The second-order valence-corrected chi connectivity index (χ2v) is 6.83. The van der Waals surface area contributed by atoms with Gasteiger partial charge in [-0.15, -0.1) is 0 Å². The summed E-state index contributed by atoms with van der Waals surface area (Å²) in [6, 6.07) is 4.35. The normalized spacial score (nSPS) is 19.6. The molecule has 1 aromatic rings. The Hall–Kier alpha value is -2.00. The molecule has 1 aromatic carbocycles. The minimum Gasteiger partial charge on any atom is -0.358 e. The van der Waals surface area contributed by atoms with Crippen LogP contribution in [-0.4, -0.2) is 43.2 Å². The summed E-state index contributed by atoms with van der Waals surface area (Å²) in [5.41, 5.74) is -0.483. The number of para-hydroxylation sites is 1. The molecular weight excluding hydrogens is 310 g/mol. The summed E-state index contributed by atoms with van der Waals surface area (Å²) in [6.45, 7) is 0.173. The molecule has 22 heavy (non-hydrogen) atoms. The van der Waals surface area contributed by atoms with Gasteiger partial charge in [-0.1, -0.05) is 18.6 Å². The Balaban J connectivity index is 2.49. The lowest BCUT2D eigenvalue weighted by Gasteiger charge is -2.33. The van der Waals surface area contributed by atoms with Gasteiger partial charge in [0.25, 0.3) is 15.7 Å². The highest BCUT2D eigenvalue weighted by molar-refractivity contribution is 7.89. The van der Waals surface area contributed by atoms with E-state index in [-0.39, 0.29) is 11.4 Å². The number of carbonyl (C=O) groups excluding carboxylic acids is 1. The lowest BCUT2D eigenvalue weighted by molar-refractivity contribution is -0.387. The van der Waals surface area contributed by atoms with Crippen LogP contribution in [0.3, 0.4) is 0 Å². The van der Waals surface area contributed by atoms with Crippen LogP contribution in [0.4, 0.5) is 5.69 Å². The first-order chi connectivity index (χ1) is 10.4. The molecule has 1 aliphatic rings. The Labute approximate surface area is 128 Å². The van der Waals surface area contributed by atoms with E-state index in [1.54, 1.807) is 0 Å². The van der Waals surface area contributed by atoms with Crippen LogP contribution in [0.2, 0.25) is 0 Å². The number of nitrogens with one attached hydrogen (secondary N) is 1. The van der Waals surface area contributed by atoms with Crippen molar-refractivity contribution in [1.82, 2.24) is 9.62 Å². The largest absolute Gasteiger partial charge is 0.358 e. The van der Waals surface area contributed by atoms with E-state index in [9.17, 15) is 23.3 Å². The number of carbonyl (C=O) groups is 1. The van der Waals surface area contributed by atoms with Crippen molar-refractivity contribution in [1.29, 1.82) is 0 Å². The molecule has 1 saturated heterocycles. The van der Waals surface area contributed by atoms with Crippen LogP contribution in [0.15, 0.2) is 29.2 Å². The van der Waals surface area contributed by atoms with E-state index in [4.69, 9.17) is 0 Å². The molecule has 120 valence electrons. The molecule has 2 rings (SSSR count). The summed E-state index contributed by atoms with van der Waals surface area (Å²) in [6.07, 6.45) is 1.76. The smallest absolute Gasteiger partial charge is 0.289 e. The number of nitro groups is 1. The van der Waals surface area contributed by atoms with E-state index in [1.807, 2.05) is 0 Å². The highest BCUT2D eigenvalue weighted by atomic mass is 32.2. The zero-order valence-corrected chi connectivity index (χ0v) is 12.9. The van der Waals surface area contributed by atoms with Crippen LogP contribution in [0.25, 0.3) is 0 Å². The summed E-state index contributed by atoms with van der Waals surface area (Å²) in [5.74, 6) is -0.401. The second kappa shape index (κ2) is 6.41. The van der Waals surface area contributed by atoms with Gasteiger partial charge in [0.2, 0.25) is 5.91 Å². The highest BCUT2D eigenvalue weighted by Crippen LogP contribution is 2.30. The fraction of sp³-hybridized carbons (Fsp3) is 0.462. The maximum atomic E-state index is 12.8. The molecule has 1 amide bonds. The van der Waals surface area contributed by atoms with Crippen LogP contribution in [0.5, 0.6) is 0 Å². The molecule has 0 bridgehead atoms. The lowest BCUT2D eigenvalue weighted by Crippen LogP contribution is -2.51. The molecule has 0 spiro atoms.